The van der Waals surface area contributed by atoms with Crippen molar-refractivity contribution in [2.24, 2.45) is 0 Å². The third-order valence-electron chi connectivity index (χ3n) is 3.30. The predicted octanol–water partition coefficient (Wildman–Crippen LogP) is 4.84. The number of benzene rings is 1. The molecule has 0 spiro atoms. The Bertz CT molecular complexity index is 683. The molecule has 1 aliphatic rings. The van der Waals surface area contributed by atoms with Gasteiger partial charge >= 0.3 is 13.7 Å². The molecular formula is C14H15Cl3NO5P. The lowest BCUT2D eigenvalue weighted by Gasteiger charge is -2.35. The van der Waals surface area contributed by atoms with E-state index in [0.29, 0.717) is 5.69 Å². The van der Waals surface area contributed by atoms with Gasteiger partial charge in [-0.1, -0.05) is 59.1 Å². The summed E-state index contributed by atoms with van der Waals surface area (Å²) < 4.78 is 26.1. The Labute approximate surface area is 154 Å². The van der Waals surface area contributed by atoms with Crippen LogP contribution in [-0.2, 0) is 18.3 Å². The molecule has 0 N–H and O–H groups in total. The molecule has 1 aromatic carbocycles. The molecular weight excluding hydrogens is 399 g/mol. The molecule has 1 heterocycles. The molecule has 0 saturated heterocycles. The second-order valence-corrected chi connectivity index (χ2v) is 9.63. The van der Waals surface area contributed by atoms with E-state index in [1.165, 1.54) is 19.1 Å². The molecule has 2 rings (SSSR count). The summed E-state index contributed by atoms with van der Waals surface area (Å²) in [6, 6.07) is 7.01. The summed E-state index contributed by atoms with van der Waals surface area (Å²) in [4.78, 5) is 13.7. The standard InChI is InChI=1S/C14H15Cl3NO5P/c1-21-24(20,22-2)12-8-7-10-5-3-4-6-11(10)18(12)13(19)23-9-14(15,16)17/h3-8,12H,9H2,1-2H3/t12-/m0/s1. The Balaban J connectivity index is 2.41. The molecule has 0 radical (unpaired) electrons. The van der Waals surface area contributed by atoms with Crippen LogP contribution in [-0.4, -0.2) is 36.5 Å². The summed E-state index contributed by atoms with van der Waals surface area (Å²) in [5.41, 5.74) is 1.21. The van der Waals surface area contributed by atoms with E-state index >= 15 is 0 Å². The first-order valence-corrected chi connectivity index (χ1v) is 9.47. The maximum Gasteiger partial charge on any atom is 0.415 e. The predicted molar refractivity (Wildman–Crippen MR) is 95.0 cm³/mol. The number of rotatable bonds is 4. The maximum absolute atomic E-state index is 12.8. The summed E-state index contributed by atoms with van der Waals surface area (Å²) in [7, 11) is -1.17. The van der Waals surface area contributed by atoms with Gasteiger partial charge in [-0.2, -0.15) is 0 Å². The van der Waals surface area contributed by atoms with E-state index in [9.17, 15) is 9.36 Å². The van der Waals surface area contributed by atoms with Gasteiger partial charge in [0, 0.05) is 14.2 Å². The van der Waals surface area contributed by atoms with Gasteiger partial charge in [-0.3, -0.25) is 9.46 Å². The van der Waals surface area contributed by atoms with Crippen molar-refractivity contribution in [3.63, 3.8) is 0 Å². The molecule has 0 bridgehead atoms. The zero-order valence-electron chi connectivity index (χ0n) is 12.8. The van der Waals surface area contributed by atoms with Gasteiger partial charge in [-0.15, -0.1) is 0 Å². The normalized spacial score (nSPS) is 17.5. The van der Waals surface area contributed by atoms with E-state index in [2.05, 4.69) is 0 Å². The Morgan fingerprint density at radius 1 is 1.25 bits per heavy atom. The summed E-state index contributed by atoms with van der Waals surface area (Å²) in [6.07, 6.45) is 2.44. The van der Waals surface area contributed by atoms with Gasteiger partial charge in [0.1, 0.15) is 6.61 Å². The zero-order chi connectivity index (χ0) is 18.0. The van der Waals surface area contributed by atoms with E-state index in [0.717, 1.165) is 5.56 Å². The molecule has 1 aliphatic heterocycles. The Kier molecular flexibility index (Phi) is 6.24. The quantitative estimate of drug-likeness (QED) is 0.521. The molecule has 0 fully saturated rings. The van der Waals surface area contributed by atoms with Crippen LogP contribution >= 0.6 is 42.4 Å². The number of fused-ring (bicyclic) bond motifs is 1. The number of alkyl halides is 3. The fourth-order valence-corrected chi connectivity index (χ4v) is 3.77. The average molecular weight is 415 g/mol. The first kappa shape index (κ1) is 19.6. The fourth-order valence-electron chi connectivity index (χ4n) is 2.22. The molecule has 24 heavy (non-hydrogen) atoms. The van der Waals surface area contributed by atoms with Gasteiger partial charge in [0.05, 0.1) is 5.69 Å². The van der Waals surface area contributed by atoms with Crippen molar-refractivity contribution in [3.8, 4) is 0 Å². The van der Waals surface area contributed by atoms with Crippen molar-refractivity contribution in [1.82, 2.24) is 0 Å². The summed E-state index contributed by atoms with van der Waals surface area (Å²) in [5.74, 6) is -1.01. The van der Waals surface area contributed by atoms with Crippen LogP contribution in [0.15, 0.2) is 30.3 Å². The van der Waals surface area contributed by atoms with Crippen molar-refractivity contribution in [1.29, 1.82) is 0 Å². The van der Waals surface area contributed by atoms with Crippen LogP contribution in [0.1, 0.15) is 5.56 Å². The van der Waals surface area contributed by atoms with Crippen LogP contribution in [0.3, 0.4) is 0 Å². The summed E-state index contributed by atoms with van der Waals surface area (Å²) >= 11 is 16.8. The van der Waals surface area contributed by atoms with Crippen molar-refractivity contribution in [2.45, 2.75) is 9.58 Å². The number of hydrogen-bond acceptors (Lipinski definition) is 5. The van der Waals surface area contributed by atoms with Crippen LogP contribution < -0.4 is 4.90 Å². The molecule has 0 unspecified atom stereocenters. The first-order valence-electron chi connectivity index (χ1n) is 6.73. The SMILES string of the molecule is COP(=O)(OC)[C@H]1C=Cc2ccccc2N1C(=O)OCC(Cl)(Cl)Cl. The topological polar surface area (TPSA) is 65.1 Å². The van der Waals surface area contributed by atoms with Crippen LogP contribution in [0, 0.1) is 0 Å². The molecule has 10 heteroatoms. The fraction of sp³-hybridized carbons (Fsp3) is 0.357. The highest BCUT2D eigenvalue weighted by molar-refractivity contribution is 7.55. The molecule has 1 aromatic rings. The third kappa shape index (κ3) is 4.26. The lowest BCUT2D eigenvalue weighted by Crippen LogP contribution is -2.42. The highest BCUT2D eigenvalue weighted by atomic mass is 35.6. The van der Waals surface area contributed by atoms with Gasteiger partial charge in [0.2, 0.25) is 3.79 Å². The highest BCUT2D eigenvalue weighted by Gasteiger charge is 2.43. The Morgan fingerprint density at radius 2 is 1.88 bits per heavy atom. The van der Waals surface area contributed by atoms with E-state index in [4.69, 9.17) is 48.6 Å². The number of anilines is 1. The molecule has 0 aromatic heterocycles. The smallest absolute Gasteiger partial charge is 0.415 e. The lowest BCUT2D eigenvalue weighted by molar-refractivity contribution is 0.154. The number of nitrogens with zero attached hydrogens (tertiary/aromatic N) is 1. The summed E-state index contributed by atoms with van der Waals surface area (Å²) in [5, 5.41) is 0. The van der Waals surface area contributed by atoms with E-state index in [1.54, 1.807) is 36.4 Å². The summed E-state index contributed by atoms with van der Waals surface area (Å²) in [6.45, 7) is -0.462. The number of ether oxygens (including phenoxy) is 1. The molecule has 1 amide bonds. The lowest BCUT2D eigenvalue weighted by atomic mass is 10.1. The van der Waals surface area contributed by atoms with Gasteiger partial charge in [-0.25, -0.2) is 4.79 Å². The number of carbonyl (C=O) groups is 1. The minimum atomic E-state index is -3.65. The van der Waals surface area contributed by atoms with Gasteiger partial charge < -0.3 is 13.8 Å². The van der Waals surface area contributed by atoms with Crippen molar-refractivity contribution >= 4 is 60.3 Å². The largest absolute Gasteiger partial charge is 0.445 e. The van der Waals surface area contributed by atoms with E-state index in [-0.39, 0.29) is 0 Å². The highest BCUT2D eigenvalue weighted by Crippen LogP contribution is 2.55. The van der Waals surface area contributed by atoms with Gasteiger partial charge in [0.25, 0.3) is 0 Å². The van der Waals surface area contributed by atoms with E-state index < -0.39 is 29.9 Å². The van der Waals surface area contributed by atoms with Crippen molar-refractivity contribution < 1.29 is 23.1 Å². The third-order valence-corrected chi connectivity index (χ3v) is 5.69. The maximum atomic E-state index is 12.8. The minimum absolute atomic E-state index is 0.462. The molecule has 1 atom stereocenters. The van der Waals surface area contributed by atoms with Crippen LogP contribution in [0.2, 0.25) is 0 Å². The molecule has 6 nitrogen and oxygen atoms in total. The number of amides is 1. The first-order chi connectivity index (χ1) is 11.2. The second kappa shape index (κ2) is 7.65. The molecule has 132 valence electrons. The van der Waals surface area contributed by atoms with Crippen molar-refractivity contribution in [3.05, 3.63) is 35.9 Å². The number of para-hydroxylation sites is 1. The minimum Gasteiger partial charge on any atom is -0.445 e. The Morgan fingerprint density at radius 3 is 2.46 bits per heavy atom. The Hall–Kier alpha value is -0.750. The van der Waals surface area contributed by atoms with Gasteiger partial charge in [-0.05, 0) is 17.7 Å². The average Bonchev–Trinajstić information content (AvgIpc) is 2.57. The van der Waals surface area contributed by atoms with Crippen LogP contribution in [0.25, 0.3) is 6.08 Å². The number of hydrogen-bond donors (Lipinski definition) is 0. The molecule has 0 aliphatic carbocycles. The second-order valence-electron chi connectivity index (χ2n) is 4.78. The van der Waals surface area contributed by atoms with E-state index in [1.807, 2.05) is 0 Å². The number of halogens is 3. The zero-order valence-corrected chi connectivity index (χ0v) is 16.0. The number of carbonyl (C=O) groups excluding carboxylic acids is 1. The molecule has 0 saturated carbocycles. The van der Waals surface area contributed by atoms with Crippen molar-refractivity contribution in [2.75, 3.05) is 25.7 Å². The van der Waals surface area contributed by atoms with Gasteiger partial charge in [0.15, 0.2) is 5.78 Å². The van der Waals surface area contributed by atoms with Crippen LogP contribution in [0.4, 0.5) is 10.5 Å². The van der Waals surface area contributed by atoms with Crippen LogP contribution in [0.5, 0.6) is 0 Å². The monoisotopic (exact) mass is 413 g/mol.